The SMILES string of the molecule is COc1ccc(NC(=O)C2(c3ccccc3C(C)C)CCC2)c(OC(F)F)n1. The van der Waals surface area contributed by atoms with Crippen LogP contribution in [0.25, 0.3) is 0 Å². The van der Waals surface area contributed by atoms with Crippen molar-refractivity contribution in [3.05, 3.63) is 47.5 Å². The monoisotopic (exact) mass is 390 g/mol. The van der Waals surface area contributed by atoms with E-state index in [1.807, 2.05) is 24.3 Å². The van der Waals surface area contributed by atoms with Gasteiger partial charge < -0.3 is 14.8 Å². The second-order valence-electron chi connectivity index (χ2n) is 7.22. The van der Waals surface area contributed by atoms with Gasteiger partial charge in [0.2, 0.25) is 17.7 Å². The second-order valence-corrected chi connectivity index (χ2v) is 7.22. The third kappa shape index (κ3) is 3.79. The maximum absolute atomic E-state index is 13.3. The van der Waals surface area contributed by atoms with Gasteiger partial charge in [0.05, 0.1) is 12.5 Å². The number of alkyl halides is 2. The summed E-state index contributed by atoms with van der Waals surface area (Å²) in [7, 11) is 1.37. The van der Waals surface area contributed by atoms with Gasteiger partial charge in [0.25, 0.3) is 0 Å². The highest BCUT2D eigenvalue weighted by atomic mass is 19.3. The molecule has 0 atom stereocenters. The maximum Gasteiger partial charge on any atom is 0.388 e. The molecule has 1 amide bonds. The Labute approximate surface area is 163 Å². The number of rotatable bonds is 7. The smallest absolute Gasteiger partial charge is 0.388 e. The van der Waals surface area contributed by atoms with Crippen molar-refractivity contribution in [2.45, 2.75) is 51.1 Å². The lowest BCUT2D eigenvalue weighted by atomic mass is 9.62. The van der Waals surface area contributed by atoms with Crippen LogP contribution in [0.3, 0.4) is 0 Å². The summed E-state index contributed by atoms with van der Waals surface area (Å²) in [5.74, 6) is -0.216. The van der Waals surface area contributed by atoms with Gasteiger partial charge in [-0.25, -0.2) is 0 Å². The number of hydrogen-bond donors (Lipinski definition) is 1. The molecule has 0 spiro atoms. The summed E-state index contributed by atoms with van der Waals surface area (Å²) in [6.45, 7) is 1.12. The van der Waals surface area contributed by atoms with Crippen LogP contribution >= 0.6 is 0 Å². The second kappa shape index (κ2) is 8.12. The number of hydrogen-bond acceptors (Lipinski definition) is 4. The number of ether oxygens (including phenoxy) is 2. The van der Waals surface area contributed by atoms with Crippen molar-refractivity contribution in [1.82, 2.24) is 4.98 Å². The zero-order valence-corrected chi connectivity index (χ0v) is 16.2. The Morgan fingerprint density at radius 2 is 1.89 bits per heavy atom. The van der Waals surface area contributed by atoms with E-state index in [0.717, 1.165) is 17.5 Å². The van der Waals surface area contributed by atoms with E-state index in [4.69, 9.17) is 4.74 Å². The van der Waals surface area contributed by atoms with Crippen LogP contribution in [0.15, 0.2) is 36.4 Å². The molecule has 0 radical (unpaired) electrons. The summed E-state index contributed by atoms with van der Waals surface area (Å²) in [5.41, 5.74) is 1.53. The first-order chi connectivity index (χ1) is 13.4. The molecule has 7 heteroatoms. The number of aromatic nitrogens is 1. The predicted octanol–water partition coefficient (Wildman–Crippen LogP) is 4.88. The summed E-state index contributed by atoms with van der Waals surface area (Å²) in [6.07, 6.45) is 2.34. The Bertz CT molecular complexity index is 851. The van der Waals surface area contributed by atoms with Gasteiger partial charge in [0.15, 0.2) is 0 Å². The van der Waals surface area contributed by atoms with Crippen molar-refractivity contribution in [2.24, 2.45) is 0 Å². The lowest BCUT2D eigenvalue weighted by Crippen LogP contribution is -2.46. The van der Waals surface area contributed by atoms with E-state index in [2.05, 4.69) is 28.9 Å². The van der Waals surface area contributed by atoms with E-state index in [1.165, 1.54) is 19.2 Å². The summed E-state index contributed by atoms with van der Waals surface area (Å²) in [6, 6.07) is 10.9. The Morgan fingerprint density at radius 1 is 1.18 bits per heavy atom. The number of amides is 1. The first-order valence-electron chi connectivity index (χ1n) is 9.28. The van der Waals surface area contributed by atoms with Gasteiger partial charge in [-0.1, -0.05) is 44.5 Å². The lowest BCUT2D eigenvalue weighted by Gasteiger charge is -2.42. The molecule has 0 unspecified atom stereocenters. The van der Waals surface area contributed by atoms with E-state index in [1.54, 1.807) is 0 Å². The van der Waals surface area contributed by atoms with Gasteiger partial charge in [-0.05, 0) is 36.0 Å². The number of carbonyl (C=O) groups is 1. The molecule has 1 N–H and O–H groups in total. The van der Waals surface area contributed by atoms with Crippen LogP contribution in [0.2, 0.25) is 0 Å². The number of nitrogens with zero attached hydrogens (tertiary/aromatic N) is 1. The zero-order chi connectivity index (χ0) is 20.3. The van der Waals surface area contributed by atoms with Crippen LogP contribution in [0.1, 0.15) is 50.2 Å². The molecule has 2 aromatic rings. The Morgan fingerprint density at radius 3 is 2.46 bits per heavy atom. The molecule has 3 rings (SSSR count). The average Bonchev–Trinajstić information content (AvgIpc) is 2.62. The maximum atomic E-state index is 13.3. The van der Waals surface area contributed by atoms with Gasteiger partial charge in [-0.15, -0.1) is 0 Å². The molecule has 1 aliphatic rings. The number of anilines is 1. The van der Waals surface area contributed by atoms with E-state index in [9.17, 15) is 13.6 Å². The summed E-state index contributed by atoms with van der Waals surface area (Å²) in [5, 5.41) is 2.76. The molecule has 1 aromatic heterocycles. The molecule has 150 valence electrons. The largest absolute Gasteiger partial charge is 0.481 e. The quantitative estimate of drug-likeness (QED) is 0.732. The van der Waals surface area contributed by atoms with Crippen molar-refractivity contribution >= 4 is 11.6 Å². The summed E-state index contributed by atoms with van der Waals surface area (Å²) in [4.78, 5) is 17.2. The molecular formula is C21H24F2N2O3. The van der Waals surface area contributed by atoms with Crippen LogP contribution < -0.4 is 14.8 Å². The van der Waals surface area contributed by atoms with Crippen molar-refractivity contribution < 1.29 is 23.0 Å². The number of benzene rings is 1. The fourth-order valence-electron chi connectivity index (χ4n) is 3.63. The minimum absolute atomic E-state index is 0.0967. The summed E-state index contributed by atoms with van der Waals surface area (Å²) >= 11 is 0. The molecule has 0 aliphatic heterocycles. The van der Waals surface area contributed by atoms with Crippen molar-refractivity contribution in [3.8, 4) is 11.8 Å². The number of carbonyl (C=O) groups excluding carboxylic acids is 1. The first kappa shape index (κ1) is 20.0. The molecule has 0 bridgehead atoms. The molecule has 1 aliphatic carbocycles. The van der Waals surface area contributed by atoms with Crippen molar-refractivity contribution in [1.29, 1.82) is 0 Å². The molecule has 1 saturated carbocycles. The van der Waals surface area contributed by atoms with Gasteiger partial charge in [0.1, 0.15) is 5.69 Å². The van der Waals surface area contributed by atoms with Crippen molar-refractivity contribution in [3.63, 3.8) is 0 Å². The van der Waals surface area contributed by atoms with Gasteiger partial charge in [-0.2, -0.15) is 13.8 Å². The lowest BCUT2D eigenvalue weighted by molar-refractivity contribution is -0.124. The van der Waals surface area contributed by atoms with E-state index in [-0.39, 0.29) is 29.3 Å². The Hall–Kier alpha value is -2.70. The van der Waals surface area contributed by atoms with Crippen LogP contribution in [0.5, 0.6) is 11.8 Å². The average molecular weight is 390 g/mol. The van der Waals surface area contributed by atoms with E-state index >= 15 is 0 Å². The molecule has 1 fully saturated rings. The number of methoxy groups -OCH3 is 1. The normalized spacial score (nSPS) is 15.2. The third-order valence-corrected chi connectivity index (χ3v) is 5.23. The minimum Gasteiger partial charge on any atom is -0.481 e. The fraction of sp³-hybridized carbons (Fsp3) is 0.429. The molecular weight excluding hydrogens is 366 g/mol. The Kier molecular flexibility index (Phi) is 5.82. The molecule has 1 heterocycles. The standard InChI is InChI=1S/C21H24F2N2O3/c1-13(2)14-7-4-5-8-15(14)21(11-6-12-21)19(26)24-16-9-10-17(27-3)25-18(16)28-20(22)23/h4-5,7-10,13,20H,6,11-12H2,1-3H3,(H,24,26). The van der Waals surface area contributed by atoms with Gasteiger partial charge in [-0.3, -0.25) is 4.79 Å². The van der Waals surface area contributed by atoms with Gasteiger partial charge in [0, 0.05) is 6.07 Å². The minimum atomic E-state index is -3.06. The highest BCUT2D eigenvalue weighted by molar-refractivity contribution is 6.01. The predicted molar refractivity (Wildman–Crippen MR) is 102 cm³/mol. The van der Waals surface area contributed by atoms with Crippen LogP contribution in [-0.4, -0.2) is 24.6 Å². The topological polar surface area (TPSA) is 60.5 Å². The van der Waals surface area contributed by atoms with E-state index < -0.39 is 12.0 Å². The number of halogens is 2. The highest BCUT2D eigenvalue weighted by Gasteiger charge is 2.47. The molecule has 5 nitrogen and oxygen atoms in total. The molecule has 28 heavy (non-hydrogen) atoms. The number of nitrogens with one attached hydrogen (secondary N) is 1. The van der Waals surface area contributed by atoms with Crippen LogP contribution in [-0.2, 0) is 10.2 Å². The Balaban J connectivity index is 1.94. The van der Waals surface area contributed by atoms with Gasteiger partial charge >= 0.3 is 6.61 Å². The number of pyridine rings is 1. The highest BCUT2D eigenvalue weighted by Crippen LogP contribution is 2.47. The van der Waals surface area contributed by atoms with Crippen molar-refractivity contribution in [2.75, 3.05) is 12.4 Å². The van der Waals surface area contributed by atoms with Crippen LogP contribution in [0, 0.1) is 0 Å². The van der Waals surface area contributed by atoms with Crippen LogP contribution in [0.4, 0.5) is 14.5 Å². The van der Waals surface area contributed by atoms with E-state index in [0.29, 0.717) is 12.8 Å². The molecule has 1 aromatic carbocycles. The first-order valence-corrected chi connectivity index (χ1v) is 9.28. The zero-order valence-electron chi connectivity index (χ0n) is 16.2. The fourth-order valence-corrected chi connectivity index (χ4v) is 3.63. The third-order valence-electron chi connectivity index (χ3n) is 5.23. The molecule has 0 saturated heterocycles. The summed E-state index contributed by atoms with van der Waals surface area (Å²) < 4.78 is 35.0.